The molecule has 0 aliphatic heterocycles. The van der Waals surface area contributed by atoms with Gasteiger partial charge in [-0.05, 0) is 44.9 Å². The maximum atomic E-state index is 12.2. The zero-order valence-electron chi connectivity index (χ0n) is 14.7. The molecule has 130 valence electrons. The molecule has 0 radical (unpaired) electrons. The Bertz CT molecular complexity index is 950. The average molecular weight is 340 g/mol. The lowest BCUT2D eigenvalue weighted by Gasteiger charge is -2.11. The van der Waals surface area contributed by atoms with E-state index in [9.17, 15) is 4.79 Å². The van der Waals surface area contributed by atoms with Crippen molar-refractivity contribution in [2.45, 2.75) is 27.7 Å². The molecule has 2 heterocycles. The number of hydrogen-bond donors (Lipinski definition) is 1. The minimum Gasteiger partial charge on any atom is -0.493 e. The van der Waals surface area contributed by atoms with Crippen LogP contribution in [-0.4, -0.2) is 17.7 Å². The van der Waals surface area contributed by atoms with E-state index in [1.165, 1.54) is 6.08 Å². The third kappa shape index (κ3) is 3.57. The van der Waals surface area contributed by atoms with Crippen LogP contribution in [-0.2, 0) is 4.79 Å². The fourth-order valence-corrected chi connectivity index (χ4v) is 2.63. The van der Waals surface area contributed by atoms with Crippen molar-refractivity contribution in [1.82, 2.24) is 5.16 Å². The van der Waals surface area contributed by atoms with Crippen LogP contribution in [0.3, 0.4) is 0 Å². The lowest BCUT2D eigenvalue weighted by molar-refractivity contribution is -0.111. The van der Waals surface area contributed by atoms with E-state index < -0.39 is 0 Å². The lowest BCUT2D eigenvalue weighted by Crippen LogP contribution is -2.09. The van der Waals surface area contributed by atoms with Crippen LogP contribution in [0.15, 0.2) is 39.5 Å². The number of fused-ring (bicyclic) bond motifs is 1. The van der Waals surface area contributed by atoms with Gasteiger partial charge in [-0.25, -0.2) is 0 Å². The summed E-state index contributed by atoms with van der Waals surface area (Å²) in [7, 11) is 0. The second-order valence-electron chi connectivity index (χ2n) is 5.84. The zero-order valence-corrected chi connectivity index (χ0v) is 14.7. The number of allylic oxidation sites excluding steroid dienone is 1. The van der Waals surface area contributed by atoms with Crippen molar-refractivity contribution in [3.05, 3.63) is 47.4 Å². The largest absolute Gasteiger partial charge is 0.493 e. The predicted octanol–water partition coefficient (Wildman–Crippen LogP) is 4.48. The van der Waals surface area contributed by atoms with E-state index in [0.717, 1.165) is 27.7 Å². The first-order chi connectivity index (χ1) is 12.0. The molecular weight excluding hydrogens is 320 g/mol. The van der Waals surface area contributed by atoms with E-state index in [1.54, 1.807) is 19.3 Å². The fourth-order valence-electron chi connectivity index (χ4n) is 2.63. The second kappa shape index (κ2) is 6.84. The number of benzene rings is 1. The monoisotopic (exact) mass is 340 g/mol. The predicted molar refractivity (Wildman–Crippen MR) is 95.6 cm³/mol. The summed E-state index contributed by atoms with van der Waals surface area (Å²) >= 11 is 0. The van der Waals surface area contributed by atoms with Gasteiger partial charge < -0.3 is 19.0 Å². The van der Waals surface area contributed by atoms with Crippen molar-refractivity contribution in [2.24, 2.45) is 0 Å². The van der Waals surface area contributed by atoms with Gasteiger partial charge in [0.25, 0.3) is 0 Å². The molecule has 1 N–H and O–H groups in total. The molecule has 0 unspecified atom stereocenters. The lowest BCUT2D eigenvalue weighted by atomic mass is 10.0. The molecule has 3 aromatic rings. The highest BCUT2D eigenvalue weighted by Gasteiger charge is 2.13. The molecule has 1 aromatic carbocycles. The highest BCUT2D eigenvalue weighted by Crippen LogP contribution is 2.33. The van der Waals surface area contributed by atoms with Gasteiger partial charge in [0.05, 0.1) is 12.9 Å². The maximum absolute atomic E-state index is 12.2. The number of nitrogens with one attached hydrogen (secondary N) is 1. The highest BCUT2D eigenvalue weighted by molar-refractivity contribution is 6.04. The number of amides is 1. The Morgan fingerprint density at radius 1 is 1.32 bits per heavy atom. The molecule has 0 aliphatic carbocycles. The Kier molecular flexibility index (Phi) is 4.61. The standard InChI is InChI=1S/C19H20N2O4/c1-5-23-16-9-17-15(12(3)10-24-17)8-14(16)11(2)6-19(22)20-18-7-13(4)25-21-18/h6-10H,5H2,1-4H3,(H,20,21,22)/b11-6+. The number of ether oxygens (including phenoxy) is 1. The molecule has 0 aliphatic rings. The molecule has 0 bridgehead atoms. The molecule has 0 saturated heterocycles. The van der Waals surface area contributed by atoms with E-state index in [2.05, 4.69) is 10.5 Å². The molecule has 1 amide bonds. The van der Waals surface area contributed by atoms with Crippen molar-refractivity contribution in [2.75, 3.05) is 11.9 Å². The SMILES string of the molecule is CCOc1cc2occ(C)c2cc1/C(C)=C/C(=O)Nc1cc(C)on1. The number of aromatic nitrogens is 1. The van der Waals surface area contributed by atoms with Gasteiger partial charge in [-0.1, -0.05) is 5.16 Å². The third-order valence-corrected chi connectivity index (χ3v) is 3.82. The van der Waals surface area contributed by atoms with Crippen molar-refractivity contribution in [3.8, 4) is 5.75 Å². The van der Waals surface area contributed by atoms with E-state index in [4.69, 9.17) is 13.7 Å². The van der Waals surface area contributed by atoms with E-state index in [-0.39, 0.29) is 5.91 Å². The first-order valence-electron chi connectivity index (χ1n) is 8.05. The van der Waals surface area contributed by atoms with Gasteiger partial charge in [0.2, 0.25) is 5.91 Å². The first kappa shape index (κ1) is 16.8. The molecule has 0 fully saturated rings. The Morgan fingerprint density at radius 2 is 2.12 bits per heavy atom. The summed E-state index contributed by atoms with van der Waals surface area (Å²) in [5.41, 5.74) is 3.43. The number of nitrogens with zero attached hydrogens (tertiary/aromatic N) is 1. The number of hydrogen-bond acceptors (Lipinski definition) is 5. The van der Waals surface area contributed by atoms with Crippen LogP contribution in [0.4, 0.5) is 5.82 Å². The number of furan rings is 1. The summed E-state index contributed by atoms with van der Waals surface area (Å²) in [5, 5.41) is 7.43. The Hall–Kier alpha value is -3.02. The fraction of sp³-hybridized carbons (Fsp3) is 0.263. The molecule has 0 saturated carbocycles. The summed E-state index contributed by atoms with van der Waals surface area (Å²) in [6.07, 6.45) is 3.23. The topological polar surface area (TPSA) is 77.5 Å². The van der Waals surface area contributed by atoms with Crippen LogP contribution < -0.4 is 10.1 Å². The van der Waals surface area contributed by atoms with Crippen LogP contribution in [0, 0.1) is 13.8 Å². The zero-order chi connectivity index (χ0) is 18.0. The van der Waals surface area contributed by atoms with Crippen LogP contribution in [0.5, 0.6) is 5.75 Å². The average Bonchev–Trinajstić information content (AvgIpc) is 3.12. The van der Waals surface area contributed by atoms with Crippen molar-refractivity contribution in [1.29, 1.82) is 0 Å². The van der Waals surface area contributed by atoms with Gasteiger partial charge in [-0.15, -0.1) is 0 Å². The quantitative estimate of drug-likeness (QED) is 0.693. The maximum Gasteiger partial charge on any atom is 0.249 e. The van der Waals surface area contributed by atoms with Crippen molar-refractivity contribution in [3.63, 3.8) is 0 Å². The highest BCUT2D eigenvalue weighted by atomic mass is 16.5. The van der Waals surface area contributed by atoms with E-state index in [1.807, 2.05) is 32.9 Å². The van der Waals surface area contributed by atoms with Gasteiger partial charge >= 0.3 is 0 Å². The summed E-state index contributed by atoms with van der Waals surface area (Å²) in [4.78, 5) is 12.2. The summed E-state index contributed by atoms with van der Waals surface area (Å²) in [5.74, 6) is 1.42. The molecular formula is C19H20N2O4. The van der Waals surface area contributed by atoms with Gasteiger partial charge in [0.1, 0.15) is 17.1 Å². The number of anilines is 1. The molecule has 0 atom stereocenters. The molecule has 6 nitrogen and oxygen atoms in total. The van der Waals surface area contributed by atoms with Gasteiger partial charge in [0.15, 0.2) is 5.82 Å². The number of rotatable bonds is 5. The van der Waals surface area contributed by atoms with Gasteiger partial charge in [0, 0.05) is 29.2 Å². The number of carbonyl (C=O) groups is 1. The smallest absolute Gasteiger partial charge is 0.249 e. The summed E-state index contributed by atoms with van der Waals surface area (Å²) in [6, 6.07) is 5.50. The molecule has 2 aromatic heterocycles. The van der Waals surface area contributed by atoms with Gasteiger partial charge in [-0.2, -0.15) is 0 Å². The van der Waals surface area contributed by atoms with Gasteiger partial charge in [-0.3, -0.25) is 4.79 Å². The van der Waals surface area contributed by atoms with Crippen LogP contribution in [0.2, 0.25) is 0 Å². The van der Waals surface area contributed by atoms with Crippen LogP contribution in [0.25, 0.3) is 16.5 Å². The van der Waals surface area contributed by atoms with E-state index in [0.29, 0.717) is 23.9 Å². The molecule has 3 rings (SSSR count). The number of carbonyl (C=O) groups excluding carboxylic acids is 1. The summed E-state index contributed by atoms with van der Waals surface area (Å²) < 4.78 is 16.2. The minimum absolute atomic E-state index is 0.280. The Labute approximate surface area is 145 Å². The van der Waals surface area contributed by atoms with Crippen molar-refractivity contribution < 1.29 is 18.5 Å². The second-order valence-corrected chi connectivity index (χ2v) is 5.84. The van der Waals surface area contributed by atoms with Crippen molar-refractivity contribution >= 4 is 28.3 Å². The normalized spacial score (nSPS) is 11.8. The molecule has 6 heteroatoms. The van der Waals surface area contributed by atoms with Crippen LogP contribution >= 0.6 is 0 Å². The van der Waals surface area contributed by atoms with E-state index >= 15 is 0 Å². The Morgan fingerprint density at radius 3 is 2.80 bits per heavy atom. The Balaban J connectivity index is 1.93. The first-order valence-corrected chi connectivity index (χ1v) is 8.05. The number of aryl methyl sites for hydroxylation is 2. The minimum atomic E-state index is -0.280. The van der Waals surface area contributed by atoms with Crippen LogP contribution in [0.1, 0.15) is 30.7 Å². The molecule has 0 spiro atoms. The molecule has 25 heavy (non-hydrogen) atoms. The summed E-state index contributed by atoms with van der Waals surface area (Å²) in [6.45, 7) is 8.05. The third-order valence-electron chi connectivity index (χ3n) is 3.82.